The monoisotopic (exact) mass is 399 g/mol. The Morgan fingerprint density at radius 2 is 1.93 bits per heavy atom. The molecule has 5 nitrogen and oxygen atoms in total. The average Bonchev–Trinajstić information content (AvgIpc) is 3.12. The van der Waals surface area contributed by atoms with E-state index in [0.29, 0.717) is 17.7 Å². The zero-order valence-electron chi connectivity index (χ0n) is 18.1. The quantitative estimate of drug-likeness (QED) is 0.737. The molecule has 0 saturated carbocycles. The Bertz CT molecular complexity index is 688. The molecule has 3 heterocycles. The van der Waals surface area contributed by atoms with Gasteiger partial charge in [0.1, 0.15) is 0 Å². The molecule has 1 aromatic carbocycles. The summed E-state index contributed by atoms with van der Waals surface area (Å²) in [6, 6.07) is 8.88. The highest BCUT2D eigenvalue weighted by Gasteiger charge is 2.42. The SMILES string of the molecule is Cc1cccc(CN2CCC[C@]3(CCN(C(=O)CCCN4CCOCC4)C3)C2)c1. The fraction of sp³-hybridized carbons (Fsp3) is 0.708. The van der Waals surface area contributed by atoms with Gasteiger partial charge in [-0.1, -0.05) is 29.8 Å². The molecule has 29 heavy (non-hydrogen) atoms. The second-order valence-electron chi connectivity index (χ2n) is 9.43. The Morgan fingerprint density at radius 1 is 1.07 bits per heavy atom. The Morgan fingerprint density at radius 3 is 2.76 bits per heavy atom. The molecule has 5 heteroatoms. The molecule has 160 valence electrons. The molecule has 1 aromatic rings. The largest absolute Gasteiger partial charge is 0.379 e. The first-order valence-electron chi connectivity index (χ1n) is 11.5. The van der Waals surface area contributed by atoms with Crippen LogP contribution in [0.15, 0.2) is 24.3 Å². The third-order valence-corrected chi connectivity index (χ3v) is 6.99. The van der Waals surface area contributed by atoms with E-state index in [2.05, 4.69) is 45.9 Å². The van der Waals surface area contributed by atoms with Crippen molar-refractivity contribution in [2.45, 2.75) is 45.6 Å². The van der Waals surface area contributed by atoms with Gasteiger partial charge in [-0.05, 0) is 51.3 Å². The van der Waals surface area contributed by atoms with Gasteiger partial charge in [-0.25, -0.2) is 0 Å². The first-order chi connectivity index (χ1) is 14.1. The molecule has 1 spiro atoms. The van der Waals surface area contributed by atoms with Gasteiger partial charge < -0.3 is 9.64 Å². The third kappa shape index (κ3) is 5.59. The highest BCUT2D eigenvalue weighted by atomic mass is 16.5. The smallest absolute Gasteiger partial charge is 0.222 e. The first kappa shape index (κ1) is 20.8. The number of hydrogen-bond donors (Lipinski definition) is 0. The van der Waals surface area contributed by atoms with E-state index in [1.165, 1.54) is 36.9 Å². The van der Waals surface area contributed by atoms with Gasteiger partial charge in [0.25, 0.3) is 0 Å². The van der Waals surface area contributed by atoms with Crippen molar-refractivity contribution < 1.29 is 9.53 Å². The van der Waals surface area contributed by atoms with Gasteiger partial charge in [-0.3, -0.25) is 14.6 Å². The Balaban J connectivity index is 1.24. The standard InChI is InChI=1S/C24H37N3O2/c1-21-5-2-6-22(17-21)18-26-11-4-8-24(19-26)9-12-27(20-24)23(28)7-3-10-25-13-15-29-16-14-25/h2,5-6,17H,3-4,7-16,18-20H2,1H3/t24-/m0/s1. The molecule has 0 aliphatic carbocycles. The number of carbonyl (C=O) groups excluding carboxylic acids is 1. The van der Waals surface area contributed by atoms with Crippen molar-refractivity contribution in [3.05, 3.63) is 35.4 Å². The van der Waals surface area contributed by atoms with Crippen molar-refractivity contribution in [3.8, 4) is 0 Å². The number of ether oxygens (including phenoxy) is 1. The van der Waals surface area contributed by atoms with E-state index in [0.717, 1.165) is 65.4 Å². The van der Waals surface area contributed by atoms with Gasteiger partial charge in [0.15, 0.2) is 0 Å². The van der Waals surface area contributed by atoms with Crippen molar-refractivity contribution in [1.29, 1.82) is 0 Å². The van der Waals surface area contributed by atoms with Crippen LogP contribution in [-0.4, -0.2) is 79.6 Å². The molecule has 0 radical (unpaired) electrons. The number of piperidine rings is 1. The summed E-state index contributed by atoms with van der Waals surface area (Å²) in [4.78, 5) is 20.0. The number of benzene rings is 1. The van der Waals surface area contributed by atoms with E-state index < -0.39 is 0 Å². The summed E-state index contributed by atoms with van der Waals surface area (Å²) >= 11 is 0. The van der Waals surface area contributed by atoms with Gasteiger partial charge in [0.05, 0.1) is 13.2 Å². The summed E-state index contributed by atoms with van der Waals surface area (Å²) in [5.74, 6) is 0.367. The van der Waals surface area contributed by atoms with Crippen molar-refractivity contribution in [2.75, 3.05) is 59.0 Å². The number of nitrogens with zero attached hydrogens (tertiary/aromatic N) is 3. The van der Waals surface area contributed by atoms with Crippen LogP contribution in [-0.2, 0) is 16.1 Å². The third-order valence-electron chi connectivity index (χ3n) is 6.99. The lowest BCUT2D eigenvalue weighted by Gasteiger charge is -2.40. The zero-order valence-corrected chi connectivity index (χ0v) is 18.1. The Kier molecular flexibility index (Phi) is 6.88. The lowest BCUT2D eigenvalue weighted by molar-refractivity contribution is -0.131. The van der Waals surface area contributed by atoms with Crippen molar-refractivity contribution in [3.63, 3.8) is 0 Å². The second kappa shape index (κ2) is 9.59. The number of carbonyl (C=O) groups is 1. The molecule has 0 unspecified atom stereocenters. The lowest BCUT2D eigenvalue weighted by Crippen LogP contribution is -2.45. The molecule has 0 aromatic heterocycles. The normalized spacial score (nSPS) is 26.3. The fourth-order valence-electron chi connectivity index (χ4n) is 5.43. The topological polar surface area (TPSA) is 36.0 Å². The molecule has 3 aliphatic heterocycles. The number of amides is 1. The molecule has 3 fully saturated rings. The van der Waals surface area contributed by atoms with Gasteiger partial charge in [-0.15, -0.1) is 0 Å². The number of rotatable bonds is 6. The van der Waals surface area contributed by atoms with Gasteiger partial charge in [0.2, 0.25) is 5.91 Å². The van der Waals surface area contributed by atoms with Crippen LogP contribution in [0.4, 0.5) is 0 Å². The van der Waals surface area contributed by atoms with Gasteiger partial charge >= 0.3 is 0 Å². The van der Waals surface area contributed by atoms with E-state index in [-0.39, 0.29) is 0 Å². The van der Waals surface area contributed by atoms with Crippen molar-refractivity contribution >= 4 is 5.91 Å². The summed E-state index contributed by atoms with van der Waals surface area (Å²) < 4.78 is 5.40. The summed E-state index contributed by atoms with van der Waals surface area (Å²) in [5, 5.41) is 0. The first-order valence-corrected chi connectivity index (χ1v) is 11.5. The van der Waals surface area contributed by atoms with Crippen molar-refractivity contribution in [2.24, 2.45) is 5.41 Å². The van der Waals surface area contributed by atoms with E-state index in [9.17, 15) is 4.79 Å². The predicted octanol–water partition coefficient (Wildman–Crippen LogP) is 2.92. The average molecular weight is 400 g/mol. The predicted molar refractivity (Wildman–Crippen MR) is 116 cm³/mol. The summed E-state index contributed by atoms with van der Waals surface area (Å²) in [7, 11) is 0. The molecule has 1 amide bonds. The minimum absolute atomic E-state index is 0.321. The number of hydrogen-bond acceptors (Lipinski definition) is 4. The molecular formula is C24H37N3O2. The van der Waals surface area contributed by atoms with Crippen molar-refractivity contribution in [1.82, 2.24) is 14.7 Å². The maximum Gasteiger partial charge on any atom is 0.222 e. The van der Waals surface area contributed by atoms with Gasteiger partial charge in [-0.2, -0.15) is 0 Å². The van der Waals surface area contributed by atoms with Gasteiger partial charge in [0, 0.05) is 51.1 Å². The maximum atomic E-state index is 12.8. The zero-order chi connectivity index (χ0) is 20.1. The van der Waals surface area contributed by atoms with Crippen LogP contribution in [0.1, 0.15) is 43.2 Å². The number of morpholine rings is 1. The van der Waals surface area contributed by atoms with E-state index in [1.807, 2.05) is 0 Å². The number of likely N-dealkylation sites (tertiary alicyclic amines) is 2. The summed E-state index contributed by atoms with van der Waals surface area (Å²) in [6.45, 7) is 12.2. The summed E-state index contributed by atoms with van der Waals surface area (Å²) in [5.41, 5.74) is 3.07. The minimum atomic E-state index is 0.321. The summed E-state index contributed by atoms with van der Waals surface area (Å²) in [6.07, 6.45) is 5.37. The minimum Gasteiger partial charge on any atom is -0.379 e. The highest BCUT2D eigenvalue weighted by Crippen LogP contribution is 2.39. The van der Waals surface area contributed by atoms with E-state index in [4.69, 9.17) is 4.74 Å². The molecule has 0 bridgehead atoms. The molecule has 3 saturated heterocycles. The second-order valence-corrected chi connectivity index (χ2v) is 9.43. The van der Waals surface area contributed by atoms with Crippen LogP contribution in [0, 0.1) is 12.3 Å². The Labute approximate surface area is 176 Å². The molecule has 0 N–H and O–H groups in total. The van der Waals surface area contributed by atoms with Crippen LogP contribution < -0.4 is 0 Å². The Hall–Kier alpha value is -1.43. The van der Waals surface area contributed by atoms with E-state index >= 15 is 0 Å². The van der Waals surface area contributed by atoms with Crippen LogP contribution in [0.5, 0.6) is 0 Å². The van der Waals surface area contributed by atoms with Crippen LogP contribution in [0.25, 0.3) is 0 Å². The van der Waals surface area contributed by atoms with E-state index in [1.54, 1.807) is 0 Å². The molecule has 3 aliphatic rings. The van der Waals surface area contributed by atoms with Crippen LogP contribution >= 0.6 is 0 Å². The lowest BCUT2D eigenvalue weighted by atomic mass is 9.79. The number of aryl methyl sites for hydroxylation is 1. The molecule has 4 rings (SSSR count). The molecular weight excluding hydrogens is 362 g/mol. The van der Waals surface area contributed by atoms with Crippen LogP contribution in [0.2, 0.25) is 0 Å². The van der Waals surface area contributed by atoms with Crippen LogP contribution in [0.3, 0.4) is 0 Å². The molecule has 1 atom stereocenters. The fourth-order valence-corrected chi connectivity index (χ4v) is 5.43. The highest BCUT2D eigenvalue weighted by molar-refractivity contribution is 5.76. The maximum absolute atomic E-state index is 12.8.